The SMILES string of the molecule is COc1ccc([C@H](CC(=O)c2ccc([N+](=O)[O-])cc2)c2ccccc2)cc1. The number of nitro groups is 1. The maximum absolute atomic E-state index is 12.8. The number of carbonyl (C=O) groups is 1. The lowest BCUT2D eigenvalue weighted by atomic mass is 9.86. The fraction of sp³-hybridized carbons (Fsp3) is 0.136. The maximum Gasteiger partial charge on any atom is 0.269 e. The molecule has 5 heteroatoms. The van der Waals surface area contributed by atoms with Gasteiger partial charge in [0.1, 0.15) is 5.75 Å². The molecule has 136 valence electrons. The molecule has 3 aromatic rings. The van der Waals surface area contributed by atoms with Crippen LogP contribution in [0.5, 0.6) is 5.75 Å². The average molecular weight is 361 g/mol. The quantitative estimate of drug-likeness (QED) is 0.337. The van der Waals surface area contributed by atoms with Gasteiger partial charge in [-0.05, 0) is 35.4 Å². The van der Waals surface area contributed by atoms with Gasteiger partial charge in [-0.15, -0.1) is 0 Å². The number of nitro benzene ring substituents is 1. The number of hydrogen-bond acceptors (Lipinski definition) is 4. The van der Waals surface area contributed by atoms with Crippen molar-refractivity contribution in [1.82, 2.24) is 0 Å². The third-order valence-corrected chi connectivity index (χ3v) is 4.51. The molecule has 0 saturated carbocycles. The van der Waals surface area contributed by atoms with E-state index < -0.39 is 4.92 Å². The Morgan fingerprint density at radius 1 is 0.926 bits per heavy atom. The second-order valence-corrected chi connectivity index (χ2v) is 6.17. The zero-order chi connectivity index (χ0) is 19.2. The van der Waals surface area contributed by atoms with E-state index in [-0.39, 0.29) is 23.8 Å². The van der Waals surface area contributed by atoms with Crippen LogP contribution in [0.2, 0.25) is 0 Å². The first kappa shape index (κ1) is 18.3. The Morgan fingerprint density at radius 3 is 2.07 bits per heavy atom. The molecule has 0 aromatic heterocycles. The number of non-ortho nitro benzene ring substituents is 1. The molecule has 0 aliphatic rings. The summed E-state index contributed by atoms with van der Waals surface area (Å²) in [5.41, 5.74) is 2.49. The Bertz CT molecular complexity index is 919. The first-order valence-electron chi connectivity index (χ1n) is 8.55. The Morgan fingerprint density at radius 2 is 1.52 bits per heavy atom. The highest BCUT2D eigenvalue weighted by Crippen LogP contribution is 2.30. The zero-order valence-corrected chi connectivity index (χ0v) is 14.9. The summed E-state index contributed by atoms with van der Waals surface area (Å²) >= 11 is 0. The molecule has 3 aromatic carbocycles. The summed E-state index contributed by atoms with van der Waals surface area (Å²) in [7, 11) is 1.61. The lowest BCUT2D eigenvalue weighted by Crippen LogP contribution is -2.09. The number of methoxy groups -OCH3 is 1. The van der Waals surface area contributed by atoms with Gasteiger partial charge in [-0.25, -0.2) is 0 Å². The van der Waals surface area contributed by atoms with Gasteiger partial charge >= 0.3 is 0 Å². The predicted octanol–water partition coefficient (Wildman–Crippen LogP) is 5.01. The third-order valence-electron chi connectivity index (χ3n) is 4.51. The number of nitrogens with zero attached hydrogens (tertiary/aromatic N) is 1. The number of carbonyl (C=O) groups excluding carboxylic acids is 1. The molecule has 0 bridgehead atoms. The Hall–Kier alpha value is -3.47. The number of Topliss-reactive ketones (excluding diaryl/α,β-unsaturated/α-hetero) is 1. The number of ketones is 1. The van der Waals surface area contributed by atoms with Crippen molar-refractivity contribution in [3.63, 3.8) is 0 Å². The van der Waals surface area contributed by atoms with E-state index in [1.165, 1.54) is 24.3 Å². The van der Waals surface area contributed by atoms with E-state index in [4.69, 9.17) is 4.74 Å². The van der Waals surface area contributed by atoms with Crippen LogP contribution in [-0.4, -0.2) is 17.8 Å². The van der Waals surface area contributed by atoms with Crippen molar-refractivity contribution < 1.29 is 14.5 Å². The van der Waals surface area contributed by atoms with Gasteiger partial charge in [0, 0.05) is 30.0 Å². The van der Waals surface area contributed by atoms with Gasteiger partial charge in [0.15, 0.2) is 5.78 Å². The number of hydrogen-bond donors (Lipinski definition) is 0. The van der Waals surface area contributed by atoms with Crippen molar-refractivity contribution in [3.05, 3.63) is 106 Å². The van der Waals surface area contributed by atoms with Gasteiger partial charge in [-0.1, -0.05) is 42.5 Å². The molecule has 0 saturated heterocycles. The second-order valence-electron chi connectivity index (χ2n) is 6.17. The standard InChI is InChI=1S/C22H19NO4/c1-27-20-13-9-17(10-14-20)21(16-5-3-2-4-6-16)15-22(24)18-7-11-19(12-8-18)23(25)26/h2-14,21H,15H2,1H3/t21-/m1/s1. The fourth-order valence-corrected chi connectivity index (χ4v) is 3.02. The van der Waals surface area contributed by atoms with Crippen LogP contribution in [0.15, 0.2) is 78.9 Å². The lowest BCUT2D eigenvalue weighted by molar-refractivity contribution is -0.384. The van der Waals surface area contributed by atoms with E-state index in [2.05, 4.69) is 0 Å². The van der Waals surface area contributed by atoms with Crippen LogP contribution in [0, 0.1) is 10.1 Å². The van der Waals surface area contributed by atoms with E-state index in [9.17, 15) is 14.9 Å². The van der Waals surface area contributed by atoms with Gasteiger partial charge in [0.25, 0.3) is 5.69 Å². The third kappa shape index (κ3) is 4.39. The normalized spacial score (nSPS) is 11.6. The molecule has 0 aliphatic heterocycles. The molecule has 0 spiro atoms. The molecule has 0 amide bonds. The van der Waals surface area contributed by atoms with E-state index in [0.717, 1.165) is 16.9 Å². The van der Waals surface area contributed by atoms with Crippen molar-refractivity contribution in [3.8, 4) is 5.75 Å². The van der Waals surface area contributed by atoms with Crippen LogP contribution in [0.25, 0.3) is 0 Å². The van der Waals surface area contributed by atoms with E-state index in [1.54, 1.807) is 7.11 Å². The summed E-state index contributed by atoms with van der Waals surface area (Å²) in [6.07, 6.45) is 0.272. The highest BCUT2D eigenvalue weighted by atomic mass is 16.6. The molecule has 27 heavy (non-hydrogen) atoms. The van der Waals surface area contributed by atoms with Crippen molar-refractivity contribution in [2.24, 2.45) is 0 Å². The van der Waals surface area contributed by atoms with Crippen molar-refractivity contribution in [2.75, 3.05) is 7.11 Å². The monoisotopic (exact) mass is 361 g/mol. The molecule has 0 radical (unpaired) electrons. The van der Waals surface area contributed by atoms with Crippen LogP contribution in [-0.2, 0) is 0 Å². The van der Waals surface area contributed by atoms with Crippen LogP contribution in [0.4, 0.5) is 5.69 Å². The first-order valence-corrected chi connectivity index (χ1v) is 8.55. The van der Waals surface area contributed by atoms with Crippen LogP contribution in [0.1, 0.15) is 33.8 Å². The number of rotatable bonds is 7. The van der Waals surface area contributed by atoms with Gasteiger partial charge in [-0.3, -0.25) is 14.9 Å². The number of ether oxygens (including phenoxy) is 1. The number of benzene rings is 3. The maximum atomic E-state index is 12.8. The minimum absolute atomic E-state index is 0.0266. The zero-order valence-electron chi connectivity index (χ0n) is 14.9. The summed E-state index contributed by atoms with van der Waals surface area (Å²) in [6, 6.07) is 23.2. The largest absolute Gasteiger partial charge is 0.497 e. The minimum Gasteiger partial charge on any atom is -0.497 e. The molecule has 0 aliphatic carbocycles. The van der Waals surface area contributed by atoms with E-state index in [1.807, 2.05) is 54.6 Å². The lowest BCUT2D eigenvalue weighted by Gasteiger charge is -2.18. The molecule has 0 unspecified atom stereocenters. The summed E-state index contributed by atoms with van der Waals surface area (Å²) in [6.45, 7) is 0. The summed E-state index contributed by atoms with van der Waals surface area (Å²) in [5.74, 6) is 0.585. The fourth-order valence-electron chi connectivity index (χ4n) is 3.02. The Labute approximate surface area is 157 Å². The highest BCUT2D eigenvalue weighted by molar-refractivity contribution is 5.97. The van der Waals surface area contributed by atoms with Crippen LogP contribution < -0.4 is 4.74 Å². The Balaban J connectivity index is 1.88. The summed E-state index contributed by atoms with van der Waals surface area (Å²) in [4.78, 5) is 23.1. The topological polar surface area (TPSA) is 69.4 Å². The minimum atomic E-state index is -0.474. The molecule has 1 atom stereocenters. The van der Waals surface area contributed by atoms with Crippen molar-refractivity contribution >= 4 is 11.5 Å². The molecule has 3 rings (SSSR count). The van der Waals surface area contributed by atoms with Gasteiger partial charge in [0.2, 0.25) is 0 Å². The second kappa shape index (κ2) is 8.27. The molecule has 5 nitrogen and oxygen atoms in total. The van der Waals surface area contributed by atoms with Gasteiger partial charge < -0.3 is 4.74 Å². The van der Waals surface area contributed by atoms with Gasteiger partial charge in [0.05, 0.1) is 12.0 Å². The smallest absolute Gasteiger partial charge is 0.269 e. The van der Waals surface area contributed by atoms with Crippen LogP contribution >= 0.6 is 0 Å². The molecule has 0 heterocycles. The predicted molar refractivity (Wildman–Crippen MR) is 103 cm³/mol. The Kier molecular flexibility index (Phi) is 5.61. The summed E-state index contributed by atoms with van der Waals surface area (Å²) < 4.78 is 5.21. The van der Waals surface area contributed by atoms with E-state index >= 15 is 0 Å². The van der Waals surface area contributed by atoms with Gasteiger partial charge in [-0.2, -0.15) is 0 Å². The molecule has 0 fully saturated rings. The first-order chi connectivity index (χ1) is 13.1. The van der Waals surface area contributed by atoms with Crippen molar-refractivity contribution in [1.29, 1.82) is 0 Å². The summed E-state index contributed by atoms with van der Waals surface area (Å²) in [5, 5.41) is 10.8. The highest BCUT2D eigenvalue weighted by Gasteiger charge is 2.20. The molecular weight excluding hydrogens is 342 g/mol. The van der Waals surface area contributed by atoms with Crippen molar-refractivity contribution in [2.45, 2.75) is 12.3 Å². The average Bonchev–Trinajstić information content (AvgIpc) is 2.72. The van der Waals surface area contributed by atoms with Crippen LogP contribution in [0.3, 0.4) is 0 Å². The molecule has 0 N–H and O–H groups in total. The molecular formula is C22H19NO4. The van der Waals surface area contributed by atoms with E-state index in [0.29, 0.717) is 5.56 Å².